The summed E-state index contributed by atoms with van der Waals surface area (Å²) in [7, 11) is 1.50. The molecule has 0 fully saturated rings. The summed E-state index contributed by atoms with van der Waals surface area (Å²) < 4.78 is 5.92. The first-order valence-electron chi connectivity index (χ1n) is 9.01. The number of nitrogens with zero attached hydrogens (tertiary/aromatic N) is 4. The van der Waals surface area contributed by atoms with Crippen LogP contribution in [0.4, 0.5) is 5.82 Å². The summed E-state index contributed by atoms with van der Waals surface area (Å²) in [5, 5.41) is 23.3. The third-order valence-electron chi connectivity index (χ3n) is 4.54. The number of phenolic OH excluding ortho intramolecular Hbond substituents is 1. The third-order valence-corrected chi connectivity index (χ3v) is 5.88. The zero-order valence-electron chi connectivity index (χ0n) is 16.2. The van der Waals surface area contributed by atoms with Crippen LogP contribution in [-0.2, 0) is 0 Å². The van der Waals surface area contributed by atoms with Crippen LogP contribution in [0, 0.1) is 18.3 Å². The minimum atomic E-state index is 0.0454. The van der Waals surface area contributed by atoms with E-state index in [1.54, 1.807) is 41.8 Å². The highest BCUT2D eigenvalue weighted by Crippen LogP contribution is 2.39. The number of hydrogen-bond acceptors (Lipinski definition) is 8. The monoisotopic (exact) mass is 415 g/mol. The molecule has 7 nitrogen and oxygen atoms in total. The van der Waals surface area contributed by atoms with Gasteiger partial charge in [0.1, 0.15) is 6.33 Å². The van der Waals surface area contributed by atoms with Gasteiger partial charge >= 0.3 is 0 Å². The summed E-state index contributed by atoms with van der Waals surface area (Å²) in [4.78, 5) is 9.78. The number of benzene rings is 2. The van der Waals surface area contributed by atoms with Gasteiger partial charge in [0, 0.05) is 4.88 Å². The fraction of sp³-hybridized carbons (Fsp3) is 0.0909. The Morgan fingerprint density at radius 3 is 2.87 bits per heavy atom. The average molecular weight is 415 g/mol. The summed E-state index contributed by atoms with van der Waals surface area (Å²) in [5.74, 6) is 1.04. The second kappa shape index (κ2) is 8.19. The van der Waals surface area contributed by atoms with Gasteiger partial charge in [-0.05, 0) is 53.9 Å². The van der Waals surface area contributed by atoms with E-state index >= 15 is 0 Å². The Labute approximate surface area is 176 Å². The number of thiophene rings is 1. The number of aromatic nitrogens is 2. The molecule has 0 spiro atoms. The molecule has 0 amide bonds. The number of methoxy groups -OCH3 is 1. The van der Waals surface area contributed by atoms with E-state index in [4.69, 9.17) is 4.74 Å². The number of aromatic hydroxyl groups is 1. The van der Waals surface area contributed by atoms with Crippen LogP contribution in [0.5, 0.6) is 11.5 Å². The summed E-state index contributed by atoms with van der Waals surface area (Å²) in [6.45, 7) is 2.01. The normalized spacial score (nSPS) is 11.0. The van der Waals surface area contributed by atoms with Gasteiger partial charge in [0.15, 0.2) is 17.3 Å². The molecule has 4 aromatic rings. The number of hydrazone groups is 1. The number of phenols is 1. The molecule has 2 heterocycles. The second-order valence-electron chi connectivity index (χ2n) is 6.45. The Balaban J connectivity index is 1.65. The van der Waals surface area contributed by atoms with Crippen LogP contribution in [0.2, 0.25) is 0 Å². The number of fused-ring (bicyclic) bond motifs is 1. The maximum atomic E-state index is 9.88. The molecule has 2 N–H and O–H groups in total. The van der Waals surface area contributed by atoms with Crippen LogP contribution >= 0.6 is 11.3 Å². The summed E-state index contributed by atoms with van der Waals surface area (Å²) in [6.07, 6.45) is 3.08. The predicted octanol–water partition coefficient (Wildman–Crippen LogP) is 4.70. The van der Waals surface area contributed by atoms with Crippen molar-refractivity contribution >= 4 is 33.6 Å². The van der Waals surface area contributed by atoms with Gasteiger partial charge in [0.2, 0.25) is 0 Å². The van der Waals surface area contributed by atoms with Crippen LogP contribution in [0.3, 0.4) is 0 Å². The van der Waals surface area contributed by atoms with Gasteiger partial charge in [-0.15, -0.1) is 11.3 Å². The Morgan fingerprint density at radius 1 is 1.23 bits per heavy atom. The van der Waals surface area contributed by atoms with E-state index in [1.165, 1.54) is 13.4 Å². The lowest BCUT2D eigenvalue weighted by molar-refractivity contribution is 0.373. The third kappa shape index (κ3) is 3.66. The number of nitrogens with one attached hydrogen (secondary N) is 1. The molecule has 0 atom stereocenters. The number of hydrogen-bond donors (Lipinski definition) is 2. The topological polar surface area (TPSA) is 103 Å². The SMILES string of the molecule is COc1ccc(C=NNc2ncnc3c(C)c(-c4cccc(C#N)c4)sc23)cc1O. The van der Waals surface area contributed by atoms with E-state index in [0.29, 0.717) is 22.7 Å². The van der Waals surface area contributed by atoms with Crippen molar-refractivity contribution in [1.82, 2.24) is 9.97 Å². The van der Waals surface area contributed by atoms with E-state index in [9.17, 15) is 10.4 Å². The quantitative estimate of drug-likeness (QED) is 0.362. The van der Waals surface area contributed by atoms with E-state index in [0.717, 1.165) is 26.2 Å². The van der Waals surface area contributed by atoms with Gasteiger partial charge in [0.05, 0.1) is 35.2 Å². The molecular formula is C22H17N5O2S. The van der Waals surface area contributed by atoms with Crippen molar-refractivity contribution in [3.63, 3.8) is 0 Å². The van der Waals surface area contributed by atoms with E-state index in [1.807, 2.05) is 25.1 Å². The molecule has 0 aliphatic rings. The molecule has 0 aliphatic carbocycles. The molecule has 0 bridgehead atoms. The number of rotatable bonds is 5. The van der Waals surface area contributed by atoms with Crippen molar-refractivity contribution in [3.8, 4) is 28.0 Å². The van der Waals surface area contributed by atoms with Crippen molar-refractivity contribution in [2.45, 2.75) is 6.92 Å². The molecule has 4 rings (SSSR count). The molecule has 0 unspecified atom stereocenters. The molecular weight excluding hydrogens is 398 g/mol. The van der Waals surface area contributed by atoms with Gasteiger partial charge in [-0.3, -0.25) is 5.43 Å². The molecule has 30 heavy (non-hydrogen) atoms. The maximum absolute atomic E-state index is 9.88. The molecule has 0 radical (unpaired) electrons. The smallest absolute Gasteiger partial charge is 0.167 e. The molecule has 0 aliphatic heterocycles. The van der Waals surface area contributed by atoms with E-state index in [2.05, 4.69) is 26.6 Å². The minimum absolute atomic E-state index is 0.0454. The second-order valence-corrected chi connectivity index (χ2v) is 7.47. The summed E-state index contributed by atoms with van der Waals surface area (Å²) in [5.41, 5.74) is 7.12. The fourth-order valence-corrected chi connectivity index (χ4v) is 4.26. The highest BCUT2D eigenvalue weighted by atomic mass is 32.1. The first-order valence-corrected chi connectivity index (χ1v) is 9.83. The lowest BCUT2D eigenvalue weighted by Crippen LogP contribution is -1.95. The highest BCUT2D eigenvalue weighted by molar-refractivity contribution is 7.23. The molecule has 0 saturated heterocycles. The Kier molecular flexibility index (Phi) is 5.28. The number of nitriles is 1. The summed E-state index contributed by atoms with van der Waals surface area (Å²) >= 11 is 1.55. The minimum Gasteiger partial charge on any atom is -0.504 e. The van der Waals surface area contributed by atoms with Crippen molar-refractivity contribution < 1.29 is 9.84 Å². The first-order chi connectivity index (χ1) is 14.6. The molecule has 2 aromatic heterocycles. The van der Waals surface area contributed by atoms with E-state index < -0.39 is 0 Å². The average Bonchev–Trinajstić information content (AvgIpc) is 3.11. The zero-order chi connectivity index (χ0) is 21.1. The van der Waals surface area contributed by atoms with Crippen molar-refractivity contribution in [2.24, 2.45) is 5.10 Å². The number of anilines is 1. The van der Waals surface area contributed by atoms with Crippen LogP contribution in [0.1, 0.15) is 16.7 Å². The lowest BCUT2D eigenvalue weighted by Gasteiger charge is -2.03. The lowest BCUT2D eigenvalue weighted by atomic mass is 10.1. The van der Waals surface area contributed by atoms with Crippen molar-refractivity contribution in [2.75, 3.05) is 12.5 Å². The van der Waals surface area contributed by atoms with Crippen molar-refractivity contribution in [1.29, 1.82) is 5.26 Å². The molecule has 148 valence electrons. The molecule has 8 heteroatoms. The van der Waals surface area contributed by atoms with Crippen LogP contribution in [-0.4, -0.2) is 28.4 Å². The van der Waals surface area contributed by atoms with Gasteiger partial charge in [-0.2, -0.15) is 10.4 Å². The molecule has 0 saturated carbocycles. The van der Waals surface area contributed by atoms with Gasteiger partial charge < -0.3 is 9.84 Å². The fourth-order valence-electron chi connectivity index (χ4n) is 3.06. The van der Waals surface area contributed by atoms with E-state index in [-0.39, 0.29) is 5.75 Å². The Bertz CT molecular complexity index is 1310. The van der Waals surface area contributed by atoms with Crippen LogP contribution < -0.4 is 10.2 Å². The highest BCUT2D eigenvalue weighted by Gasteiger charge is 2.15. The Hall–Kier alpha value is -3.96. The standard InChI is InChI=1S/C22H17N5O2S/c1-13-19-21(30-20(13)16-5-3-4-14(8-16)10-23)22(25-12-24-19)27-26-11-15-6-7-18(29-2)17(28)9-15/h3-9,11-12,28H,1-2H3,(H,24,25,27). The zero-order valence-corrected chi connectivity index (χ0v) is 17.1. The maximum Gasteiger partial charge on any atom is 0.167 e. The summed E-state index contributed by atoms with van der Waals surface area (Å²) in [6, 6.07) is 14.7. The number of aryl methyl sites for hydroxylation is 1. The first kappa shape index (κ1) is 19.4. The largest absolute Gasteiger partial charge is 0.504 e. The van der Waals surface area contributed by atoms with Gasteiger partial charge in [-0.25, -0.2) is 9.97 Å². The Morgan fingerprint density at radius 2 is 2.10 bits per heavy atom. The van der Waals surface area contributed by atoms with Crippen LogP contribution in [0.25, 0.3) is 20.7 Å². The predicted molar refractivity (Wildman–Crippen MR) is 118 cm³/mol. The van der Waals surface area contributed by atoms with Crippen LogP contribution in [0.15, 0.2) is 53.9 Å². The van der Waals surface area contributed by atoms with Gasteiger partial charge in [0.25, 0.3) is 0 Å². The van der Waals surface area contributed by atoms with Crippen molar-refractivity contribution in [3.05, 3.63) is 65.5 Å². The molecule has 2 aromatic carbocycles. The van der Waals surface area contributed by atoms with Gasteiger partial charge in [-0.1, -0.05) is 12.1 Å². The number of ether oxygens (including phenoxy) is 1.